The molecule has 1 unspecified atom stereocenters. The number of carbonyl (C=O) groups excluding carboxylic acids is 3. The first kappa shape index (κ1) is 36.9. The van der Waals surface area contributed by atoms with Crippen molar-refractivity contribution in [1.82, 2.24) is 15.2 Å². The van der Waals surface area contributed by atoms with Crippen molar-refractivity contribution in [2.45, 2.75) is 121 Å². The number of aliphatic hydroxyl groups is 1. The van der Waals surface area contributed by atoms with Crippen LogP contribution in [-0.4, -0.2) is 75.2 Å². The van der Waals surface area contributed by atoms with Crippen LogP contribution in [0.15, 0.2) is 36.7 Å². The number of carbonyl (C=O) groups is 3. The molecule has 3 amide bonds. The van der Waals surface area contributed by atoms with Gasteiger partial charge in [0.1, 0.15) is 23.5 Å². The summed E-state index contributed by atoms with van der Waals surface area (Å²) in [5, 5.41) is 23.7. The number of nitrogens with zero attached hydrogens (tertiary/aromatic N) is 5. The monoisotopic (exact) mass is 698 g/mol. The molecule has 3 heterocycles. The molecule has 1 aromatic heterocycles. The molecule has 11 nitrogen and oxygen atoms in total. The van der Waals surface area contributed by atoms with Gasteiger partial charge in [-0.2, -0.15) is 5.26 Å². The van der Waals surface area contributed by atoms with Crippen LogP contribution in [0.2, 0.25) is 0 Å². The van der Waals surface area contributed by atoms with E-state index >= 15 is 0 Å². The molecule has 2 aliphatic heterocycles. The molecule has 0 spiro atoms. The summed E-state index contributed by atoms with van der Waals surface area (Å²) in [4.78, 5) is 50.4. The Bertz CT molecular complexity index is 1680. The number of nitriles is 1. The minimum Gasteiger partial charge on any atom is -0.443 e. The van der Waals surface area contributed by atoms with E-state index in [0.29, 0.717) is 18.7 Å². The third-order valence-electron chi connectivity index (χ3n) is 9.64. The highest BCUT2D eigenvalue weighted by Gasteiger charge is 2.48. The zero-order chi connectivity index (χ0) is 36.8. The summed E-state index contributed by atoms with van der Waals surface area (Å²) in [6, 6.07) is 2.60. The lowest BCUT2D eigenvalue weighted by molar-refractivity contribution is -0.129. The van der Waals surface area contributed by atoms with Crippen molar-refractivity contribution in [1.29, 1.82) is 5.26 Å². The lowest BCUT2D eigenvalue weighted by atomic mass is 9.77. The van der Waals surface area contributed by atoms with Crippen molar-refractivity contribution >= 4 is 29.3 Å². The number of pyridine rings is 1. The average Bonchev–Trinajstić information content (AvgIpc) is 3.33. The molecule has 1 saturated heterocycles. The fraction of sp³-hybridized carbons (Fsp3) is 0.583. The van der Waals surface area contributed by atoms with Gasteiger partial charge in [0, 0.05) is 49.3 Å². The molecular formula is C36H45F3N6O5. The molecule has 3 aliphatic rings. The minimum atomic E-state index is -2.85. The van der Waals surface area contributed by atoms with E-state index in [2.05, 4.69) is 10.3 Å². The smallest absolute Gasteiger partial charge is 0.414 e. The molecule has 2 N–H and O–H groups in total. The third kappa shape index (κ3) is 7.98. The van der Waals surface area contributed by atoms with E-state index in [9.17, 15) is 37.9 Å². The van der Waals surface area contributed by atoms with Crippen LogP contribution in [0.25, 0.3) is 0 Å². The van der Waals surface area contributed by atoms with Gasteiger partial charge in [-0.25, -0.2) is 18.0 Å². The highest BCUT2D eigenvalue weighted by molar-refractivity contribution is 6.05. The van der Waals surface area contributed by atoms with Crippen molar-refractivity contribution in [2.75, 3.05) is 22.9 Å². The normalized spacial score (nSPS) is 23.7. The molecule has 0 bridgehead atoms. The Morgan fingerprint density at radius 2 is 1.80 bits per heavy atom. The lowest BCUT2D eigenvalue weighted by Gasteiger charge is -2.41. The van der Waals surface area contributed by atoms with E-state index in [-0.39, 0.29) is 37.1 Å². The van der Waals surface area contributed by atoms with Gasteiger partial charge in [0.15, 0.2) is 6.19 Å². The predicted molar refractivity (Wildman–Crippen MR) is 179 cm³/mol. The number of β-amino-alcohol motifs (C(OH)–C–C–N with tert-alkyl or cyclic N) is 1. The van der Waals surface area contributed by atoms with E-state index in [4.69, 9.17) is 4.74 Å². The van der Waals surface area contributed by atoms with Crippen LogP contribution in [0.3, 0.4) is 0 Å². The van der Waals surface area contributed by atoms with Crippen molar-refractivity contribution in [3.05, 3.63) is 53.6 Å². The molecule has 5 rings (SSSR count). The van der Waals surface area contributed by atoms with Crippen molar-refractivity contribution < 1.29 is 37.4 Å². The van der Waals surface area contributed by atoms with Gasteiger partial charge in [-0.05, 0) is 76.1 Å². The summed E-state index contributed by atoms with van der Waals surface area (Å²) in [6.07, 6.45) is 3.13. The standard InChI is InChI=1S/C36H45F3N6O5/c1-33(2,3)50-32(48)44-14-13-34(4,5)26-8-7-25(16-27(26)44)45(31(47)28-17-35(6,49)20-43(28)21-40)29(22-15-23(37)19-41-18-22)30(46)42-24-9-11-36(38,39)12-10-24/h7-8,15-16,18-19,24,28-29,49H,9-14,17,20H2,1-6H3,(H,42,46)/t28-,29?,35-/m1/s1. The van der Waals surface area contributed by atoms with Gasteiger partial charge in [0.25, 0.3) is 5.91 Å². The number of ether oxygens (including phenoxy) is 1. The number of aromatic nitrogens is 1. The molecule has 50 heavy (non-hydrogen) atoms. The summed E-state index contributed by atoms with van der Waals surface area (Å²) < 4.78 is 48.5. The molecule has 0 radical (unpaired) electrons. The molecule has 1 saturated carbocycles. The average molecular weight is 699 g/mol. The van der Waals surface area contributed by atoms with Crippen molar-refractivity contribution in [3.8, 4) is 6.19 Å². The van der Waals surface area contributed by atoms with Crippen LogP contribution in [0.1, 0.15) is 97.2 Å². The molecule has 1 aromatic carbocycles. The Morgan fingerprint density at radius 3 is 2.42 bits per heavy atom. The number of likely N-dealkylation sites (tertiary alicyclic amines) is 1. The number of benzene rings is 1. The lowest BCUT2D eigenvalue weighted by Crippen LogP contribution is -2.52. The quantitative estimate of drug-likeness (QED) is 0.366. The Hall–Kier alpha value is -4.38. The second kappa shape index (κ2) is 13.4. The summed E-state index contributed by atoms with van der Waals surface area (Å²) in [7, 11) is 0. The number of amides is 3. The van der Waals surface area contributed by atoms with E-state index < -0.39 is 77.2 Å². The zero-order valence-electron chi connectivity index (χ0n) is 29.3. The Kier molecular flexibility index (Phi) is 9.88. The van der Waals surface area contributed by atoms with Crippen molar-refractivity contribution in [3.63, 3.8) is 0 Å². The van der Waals surface area contributed by atoms with Crippen LogP contribution in [-0.2, 0) is 19.7 Å². The summed E-state index contributed by atoms with van der Waals surface area (Å²) in [6.45, 7) is 10.9. The van der Waals surface area contributed by atoms with E-state index in [1.807, 2.05) is 20.0 Å². The topological polar surface area (TPSA) is 139 Å². The Morgan fingerprint density at radius 1 is 1.12 bits per heavy atom. The summed E-state index contributed by atoms with van der Waals surface area (Å²) >= 11 is 0. The largest absolute Gasteiger partial charge is 0.443 e. The van der Waals surface area contributed by atoms with Gasteiger partial charge in [0.2, 0.25) is 11.8 Å². The van der Waals surface area contributed by atoms with E-state index in [1.54, 1.807) is 39.0 Å². The molecule has 270 valence electrons. The summed E-state index contributed by atoms with van der Waals surface area (Å²) in [5.74, 6) is -5.15. The number of hydrogen-bond donors (Lipinski definition) is 2. The van der Waals surface area contributed by atoms with Gasteiger partial charge in [-0.1, -0.05) is 19.9 Å². The third-order valence-corrected chi connectivity index (χ3v) is 9.64. The number of fused-ring (bicyclic) bond motifs is 1. The second-order valence-electron chi connectivity index (χ2n) is 15.6. The van der Waals surface area contributed by atoms with Crippen LogP contribution in [0.4, 0.5) is 29.3 Å². The van der Waals surface area contributed by atoms with Crippen LogP contribution >= 0.6 is 0 Å². The number of anilines is 2. The fourth-order valence-electron chi connectivity index (χ4n) is 7.04. The Balaban J connectivity index is 1.67. The SMILES string of the molecule is CC(C)(C)OC(=O)N1CCC(C)(C)c2ccc(N(C(=O)[C@H]3C[C@@](C)(O)CN3C#N)C(C(=O)NC3CCC(F)(F)CC3)c3cncc(F)c3)cc21. The zero-order valence-corrected chi connectivity index (χ0v) is 29.3. The number of nitrogens with one attached hydrogen (secondary N) is 1. The summed E-state index contributed by atoms with van der Waals surface area (Å²) in [5.41, 5.74) is -1.26. The minimum absolute atomic E-state index is 0.00666. The maximum Gasteiger partial charge on any atom is 0.414 e. The first-order chi connectivity index (χ1) is 23.2. The van der Waals surface area contributed by atoms with Crippen LogP contribution in [0.5, 0.6) is 0 Å². The maximum absolute atomic E-state index is 14.8. The van der Waals surface area contributed by atoms with Gasteiger partial charge in [0.05, 0.1) is 24.0 Å². The van der Waals surface area contributed by atoms with E-state index in [0.717, 1.165) is 27.6 Å². The molecule has 2 fully saturated rings. The van der Waals surface area contributed by atoms with Gasteiger partial charge >= 0.3 is 6.09 Å². The van der Waals surface area contributed by atoms with Crippen LogP contribution in [0, 0.1) is 17.3 Å². The van der Waals surface area contributed by atoms with Gasteiger partial charge < -0.3 is 15.2 Å². The molecule has 3 atom stereocenters. The van der Waals surface area contributed by atoms with E-state index in [1.165, 1.54) is 18.0 Å². The number of hydrogen-bond acceptors (Lipinski definition) is 8. The van der Waals surface area contributed by atoms with Gasteiger partial charge in [-0.3, -0.25) is 29.3 Å². The molecular weight excluding hydrogens is 653 g/mol. The van der Waals surface area contributed by atoms with Gasteiger partial charge in [-0.15, -0.1) is 0 Å². The van der Waals surface area contributed by atoms with Crippen molar-refractivity contribution in [2.24, 2.45) is 0 Å². The maximum atomic E-state index is 14.8. The molecule has 2 aromatic rings. The molecule has 14 heteroatoms. The highest BCUT2D eigenvalue weighted by Crippen LogP contribution is 2.44. The second-order valence-corrected chi connectivity index (χ2v) is 15.6. The molecule has 1 aliphatic carbocycles. The first-order valence-electron chi connectivity index (χ1n) is 16.9. The van der Waals surface area contributed by atoms with Crippen LogP contribution < -0.4 is 15.1 Å². The predicted octanol–water partition coefficient (Wildman–Crippen LogP) is 5.72. The number of alkyl halides is 2. The first-order valence-corrected chi connectivity index (χ1v) is 16.9. The number of halogens is 3. The number of rotatable bonds is 6. The highest BCUT2D eigenvalue weighted by atomic mass is 19.3. The Labute approximate surface area is 290 Å². The fourth-order valence-corrected chi connectivity index (χ4v) is 7.04.